The molecule has 0 radical (unpaired) electrons. The van der Waals surface area contributed by atoms with Crippen molar-refractivity contribution in [3.05, 3.63) is 129 Å². The molecule has 0 atom stereocenters. The van der Waals surface area contributed by atoms with E-state index in [1.807, 2.05) is 42.8 Å². The lowest BCUT2D eigenvalue weighted by Crippen LogP contribution is -2.37. The molecule has 0 amide bonds. The highest BCUT2D eigenvalue weighted by Gasteiger charge is 2.26. The monoisotopic (exact) mass is 629 g/mol. The highest BCUT2D eigenvalue weighted by Crippen LogP contribution is 2.48. The first-order valence-corrected chi connectivity index (χ1v) is 16.7. The topological polar surface area (TPSA) is 86.3 Å². The average Bonchev–Trinajstić information content (AvgIpc) is 3.49. The molecule has 2 aromatic heterocycles. The SMILES string of the molecule is C=CC[n+]1ccccc1/C=c1/s/c(=C2\Sc3ccc4ccccc4c3N2C)c(=O)n1CC.Cc1ccc(S(=O)(=O)[O-])cc1. The van der Waals surface area contributed by atoms with Crippen LogP contribution in [0.5, 0.6) is 0 Å². The average molecular weight is 630 g/mol. The fraction of sp³-hybridized carbons (Fsp3) is 0.152. The summed E-state index contributed by atoms with van der Waals surface area (Å²) in [7, 11) is -2.21. The van der Waals surface area contributed by atoms with E-state index in [9.17, 15) is 17.8 Å². The standard InChI is InChI=1S/C26H24N3OS2.C7H8O3S/c1-4-15-28-16-9-8-11-19(28)17-22-29(5-2)25(30)24(32-22)26-27(3)23-20-12-7-6-10-18(20)13-14-21(23)31-26;1-6-2-4-7(5-3-6)11(8,9)10/h4,6-14,16-17H,1,5,15H2,2-3H3;2-5H,1H3,(H,8,9,10)/q+1;/p-1/b26-24-;. The maximum atomic E-state index is 13.4. The van der Waals surface area contributed by atoms with Crippen LogP contribution in [0.3, 0.4) is 0 Å². The Hall–Kier alpha value is -3.96. The summed E-state index contributed by atoms with van der Waals surface area (Å²) in [5, 5.41) is 3.42. The fourth-order valence-corrected chi connectivity index (χ4v) is 7.81. The third-order valence-electron chi connectivity index (χ3n) is 7.02. The Labute approximate surface area is 259 Å². The minimum atomic E-state index is -4.27. The van der Waals surface area contributed by atoms with E-state index in [-0.39, 0.29) is 10.5 Å². The number of hydrogen-bond donors (Lipinski definition) is 0. The van der Waals surface area contributed by atoms with E-state index in [0.717, 1.165) is 32.0 Å². The number of rotatable bonds is 5. The van der Waals surface area contributed by atoms with Crippen LogP contribution in [0.25, 0.3) is 21.9 Å². The minimum absolute atomic E-state index is 0.0708. The molecule has 0 aliphatic carbocycles. The molecule has 0 fully saturated rings. The lowest BCUT2D eigenvalue weighted by Gasteiger charge is -2.15. The van der Waals surface area contributed by atoms with Crippen LogP contribution in [-0.2, 0) is 23.2 Å². The van der Waals surface area contributed by atoms with Gasteiger partial charge in [0.15, 0.2) is 12.7 Å². The number of allylic oxidation sites excluding steroid dienone is 1. The van der Waals surface area contributed by atoms with Gasteiger partial charge in [-0.05, 0) is 49.6 Å². The number of nitrogens with zero attached hydrogens (tertiary/aromatic N) is 3. The van der Waals surface area contributed by atoms with Crippen LogP contribution in [0, 0.1) is 6.92 Å². The quantitative estimate of drug-likeness (QED) is 0.161. The summed E-state index contributed by atoms with van der Waals surface area (Å²) in [5.41, 5.74) is 3.23. The number of thiazole rings is 1. The number of hydrogen-bond acceptors (Lipinski definition) is 7. The van der Waals surface area contributed by atoms with Gasteiger partial charge in [0, 0.05) is 42.1 Å². The van der Waals surface area contributed by atoms with Gasteiger partial charge < -0.3 is 9.45 Å². The second-order valence-electron chi connectivity index (χ2n) is 9.90. The van der Waals surface area contributed by atoms with Crippen LogP contribution in [0.4, 0.5) is 5.69 Å². The molecule has 0 N–H and O–H groups in total. The smallest absolute Gasteiger partial charge is 0.271 e. The highest BCUT2D eigenvalue weighted by molar-refractivity contribution is 8.08. The van der Waals surface area contributed by atoms with E-state index >= 15 is 0 Å². The van der Waals surface area contributed by atoms with Crippen molar-refractivity contribution in [2.75, 3.05) is 11.9 Å². The van der Waals surface area contributed by atoms with E-state index in [1.54, 1.807) is 35.2 Å². The summed E-state index contributed by atoms with van der Waals surface area (Å²) < 4.78 is 36.9. The normalized spacial score (nSPS) is 14.4. The molecule has 1 aliphatic rings. The molecule has 1 aliphatic heterocycles. The van der Waals surface area contributed by atoms with Gasteiger partial charge in [0.2, 0.25) is 5.69 Å². The molecular weight excluding hydrogens is 599 g/mol. The second kappa shape index (κ2) is 12.7. The lowest BCUT2D eigenvalue weighted by molar-refractivity contribution is -0.688. The molecule has 0 saturated heterocycles. The van der Waals surface area contributed by atoms with Gasteiger partial charge in [-0.2, -0.15) is 4.57 Å². The molecule has 220 valence electrons. The molecule has 7 nitrogen and oxygen atoms in total. The van der Waals surface area contributed by atoms with Gasteiger partial charge in [-0.3, -0.25) is 9.36 Å². The van der Waals surface area contributed by atoms with Gasteiger partial charge in [-0.15, -0.1) is 11.3 Å². The molecule has 0 saturated carbocycles. The zero-order valence-electron chi connectivity index (χ0n) is 24.1. The summed E-state index contributed by atoms with van der Waals surface area (Å²) in [5.74, 6) is 0. The number of aromatic nitrogens is 2. The zero-order valence-corrected chi connectivity index (χ0v) is 26.5. The Morgan fingerprint density at radius 1 is 1.00 bits per heavy atom. The number of pyridine rings is 1. The van der Waals surface area contributed by atoms with Gasteiger partial charge >= 0.3 is 0 Å². The van der Waals surface area contributed by atoms with Crippen molar-refractivity contribution in [3.8, 4) is 0 Å². The van der Waals surface area contributed by atoms with E-state index in [0.29, 0.717) is 6.54 Å². The third kappa shape index (κ3) is 6.37. The Morgan fingerprint density at radius 3 is 2.42 bits per heavy atom. The Kier molecular flexibility index (Phi) is 9.03. The van der Waals surface area contributed by atoms with E-state index < -0.39 is 10.1 Å². The van der Waals surface area contributed by atoms with E-state index in [4.69, 9.17) is 0 Å². The van der Waals surface area contributed by atoms with Crippen molar-refractivity contribution in [2.24, 2.45) is 0 Å². The Balaban J connectivity index is 0.000000283. The van der Waals surface area contributed by atoms with Crippen LogP contribution in [0.2, 0.25) is 0 Å². The molecule has 6 rings (SSSR count). The highest BCUT2D eigenvalue weighted by atomic mass is 32.2. The van der Waals surface area contributed by atoms with Crippen LogP contribution >= 0.6 is 23.1 Å². The lowest BCUT2D eigenvalue weighted by atomic mass is 10.1. The summed E-state index contributed by atoms with van der Waals surface area (Å²) in [6, 6.07) is 24.6. The molecule has 0 unspecified atom stereocenters. The van der Waals surface area contributed by atoms with Crippen molar-refractivity contribution in [3.63, 3.8) is 0 Å². The molecule has 3 heterocycles. The van der Waals surface area contributed by atoms with Crippen LogP contribution < -0.4 is 24.2 Å². The summed E-state index contributed by atoms with van der Waals surface area (Å²) in [6.45, 7) is 9.06. The third-order valence-corrected chi connectivity index (χ3v) is 10.3. The van der Waals surface area contributed by atoms with E-state index in [1.165, 1.54) is 33.5 Å². The number of thioether (sulfide) groups is 1. The maximum absolute atomic E-state index is 13.4. The van der Waals surface area contributed by atoms with Crippen molar-refractivity contribution in [1.82, 2.24) is 4.57 Å². The number of anilines is 1. The minimum Gasteiger partial charge on any atom is -0.744 e. The molecule has 3 aromatic carbocycles. The summed E-state index contributed by atoms with van der Waals surface area (Å²) >= 11 is 3.25. The number of benzene rings is 3. The molecular formula is C33H31N3O4S3. The maximum Gasteiger partial charge on any atom is 0.271 e. The summed E-state index contributed by atoms with van der Waals surface area (Å²) in [4.78, 5) is 16.6. The van der Waals surface area contributed by atoms with E-state index in [2.05, 4.69) is 71.6 Å². The fourth-order valence-electron chi connectivity index (χ4n) is 4.86. The van der Waals surface area contributed by atoms with Gasteiger partial charge in [0.1, 0.15) is 24.3 Å². The van der Waals surface area contributed by atoms with Crippen LogP contribution in [-0.4, -0.2) is 24.6 Å². The predicted molar refractivity (Wildman–Crippen MR) is 175 cm³/mol. The van der Waals surface area contributed by atoms with Gasteiger partial charge in [0.05, 0.1) is 10.6 Å². The summed E-state index contributed by atoms with van der Waals surface area (Å²) in [6.07, 6.45) is 6.02. The first-order chi connectivity index (χ1) is 20.6. The Morgan fingerprint density at radius 2 is 1.72 bits per heavy atom. The predicted octanol–water partition coefficient (Wildman–Crippen LogP) is 4.59. The van der Waals surface area contributed by atoms with Crippen LogP contribution in [0.15, 0.2) is 112 Å². The van der Waals surface area contributed by atoms with Crippen molar-refractivity contribution >= 4 is 60.8 Å². The van der Waals surface area contributed by atoms with Crippen molar-refractivity contribution < 1.29 is 17.5 Å². The van der Waals surface area contributed by atoms with Gasteiger partial charge in [-0.1, -0.05) is 66.4 Å². The molecule has 5 aromatic rings. The molecule has 0 bridgehead atoms. The van der Waals surface area contributed by atoms with Gasteiger partial charge in [-0.25, -0.2) is 8.42 Å². The van der Waals surface area contributed by atoms with Crippen molar-refractivity contribution in [1.29, 1.82) is 0 Å². The molecule has 43 heavy (non-hydrogen) atoms. The zero-order chi connectivity index (χ0) is 30.7. The molecule has 10 heteroatoms. The number of aryl methyl sites for hydroxylation is 1. The van der Waals surface area contributed by atoms with Gasteiger partial charge in [0.25, 0.3) is 5.56 Å². The second-order valence-corrected chi connectivity index (χ2v) is 13.3. The first kappa shape index (κ1) is 30.5. The largest absolute Gasteiger partial charge is 0.744 e. The van der Waals surface area contributed by atoms with Crippen molar-refractivity contribution in [2.45, 2.75) is 36.7 Å². The number of fused-ring (bicyclic) bond motifs is 3. The van der Waals surface area contributed by atoms with Crippen LogP contribution in [0.1, 0.15) is 18.2 Å². The molecule has 0 spiro atoms. The Bertz CT molecular complexity index is 2120. The first-order valence-electron chi connectivity index (χ1n) is 13.6.